The van der Waals surface area contributed by atoms with E-state index in [2.05, 4.69) is 22.0 Å². The van der Waals surface area contributed by atoms with Gasteiger partial charge in [0.15, 0.2) is 0 Å². The Morgan fingerprint density at radius 2 is 1.96 bits per heavy atom. The summed E-state index contributed by atoms with van der Waals surface area (Å²) in [5.74, 6) is 1.59. The van der Waals surface area contributed by atoms with Crippen LogP contribution in [0.25, 0.3) is 0 Å². The summed E-state index contributed by atoms with van der Waals surface area (Å²) in [6.07, 6.45) is 3.41. The Kier molecular flexibility index (Phi) is 4.23. The molecule has 1 aromatic carbocycles. The molecule has 1 aliphatic rings. The number of methoxy groups -OCH3 is 1. The van der Waals surface area contributed by atoms with E-state index in [4.69, 9.17) is 9.88 Å². The number of sulfonamides is 1. The highest BCUT2D eigenvalue weighted by Gasteiger charge is 2.27. The number of hydrogen-bond acceptors (Lipinski definition) is 5. The zero-order chi connectivity index (χ0) is 16.4. The van der Waals surface area contributed by atoms with Crippen LogP contribution in [0.5, 0.6) is 5.75 Å². The number of nitrogens with zero attached hydrogens (tertiary/aromatic N) is 2. The van der Waals surface area contributed by atoms with Crippen LogP contribution in [-0.2, 0) is 10.0 Å². The van der Waals surface area contributed by atoms with Gasteiger partial charge in [-0.2, -0.15) is 0 Å². The zero-order valence-electron chi connectivity index (χ0n) is 12.8. The van der Waals surface area contributed by atoms with Gasteiger partial charge in [-0.15, -0.1) is 0 Å². The summed E-state index contributed by atoms with van der Waals surface area (Å²) in [5.41, 5.74) is 1.20. The van der Waals surface area contributed by atoms with Crippen molar-refractivity contribution >= 4 is 15.8 Å². The SMILES string of the molecule is COc1ccc([C@H]2CCCN2c2ccc(S(N)(=O)=O)cn2)cc1. The summed E-state index contributed by atoms with van der Waals surface area (Å²) in [6.45, 7) is 0.887. The average Bonchev–Trinajstić information content (AvgIpc) is 3.04. The van der Waals surface area contributed by atoms with E-state index in [-0.39, 0.29) is 10.9 Å². The van der Waals surface area contributed by atoms with Gasteiger partial charge in [-0.3, -0.25) is 0 Å². The van der Waals surface area contributed by atoms with Gasteiger partial charge in [0.1, 0.15) is 16.5 Å². The minimum Gasteiger partial charge on any atom is -0.497 e. The van der Waals surface area contributed by atoms with Crippen LogP contribution >= 0.6 is 0 Å². The standard InChI is InChI=1S/C16H19N3O3S/c1-22-13-6-4-12(5-7-13)15-3-2-10-19(15)16-9-8-14(11-18-16)23(17,20)21/h4-9,11,15H,2-3,10H2,1H3,(H2,17,20,21)/t15-/m1/s1. The van der Waals surface area contributed by atoms with E-state index < -0.39 is 10.0 Å². The molecule has 0 unspecified atom stereocenters. The number of ether oxygens (including phenoxy) is 1. The van der Waals surface area contributed by atoms with Gasteiger partial charge in [0.25, 0.3) is 0 Å². The van der Waals surface area contributed by atoms with Crippen LogP contribution in [0.4, 0.5) is 5.82 Å². The lowest BCUT2D eigenvalue weighted by Gasteiger charge is -2.26. The van der Waals surface area contributed by atoms with Gasteiger partial charge in [-0.1, -0.05) is 12.1 Å². The van der Waals surface area contributed by atoms with Crippen molar-refractivity contribution in [3.05, 3.63) is 48.2 Å². The molecule has 2 heterocycles. The molecule has 1 saturated heterocycles. The second-order valence-electron chi connectivity index (χ2n) is 5.52. The van der Waals surface area contributed by atoms with Crippen LogP contribution in [0.3, 0.4) is 0 Å². The lowest BCUT2D eigenvalue weighted by atomic mass is 10.0. The van der Waals surface area contributed by atoms with Crippen molar-refractivity contribution in [2.24, 2.45) is 5.14 Å². The minimum atomic E-state index is -3.71. The smallest absolute Gasteiger partial charge is 0.239 e. The van der Waals surface area contributed by atoms with Crippen molar-refractivity contribution in [2.75, 3.05) is 18.6 Å². The van der Waals surface area contributed by atoms with E-state index in [0.717, 1.165) is 31.0 Å². The lowest BCUT2D eigenvalue weighted by Crippen LogP contribution is -2.23. The van der Waals surface area contributed by atoms with E-state index in [1.165, 1.54) is 17.8 Å². The fraction of sp³-hybridized carbons (Fsp3) is 0.312. The van der Waals surface area contributed by atoms with Gasteiger partial charge >= 0.3 is 0 Å². The lowest BCUT2D eigenvalue weighted by molar-refractivity contribution is 0.414. The molecule has 2 N–H and O–H groups in total. The Balaban J connectivity index is 1.86. The molecule has 0 aliphatic carbocycles. The maximum atomic E-state index is 11.3. The largest absolute Gasteiger partial charge is 0.497 e. The van der Waals surface area contributed by atoms with Crippen molar-refractivity contribution in [1.82, 2.24) is 4.98 Å². The van der Waals surface area contributed by atoms with Gasteiger partial charge in [0, 0.05) is 12.7 Å². The van der Waals surface area contributed by atoms with E-state index in [1.54, 1.807) is 13.2 Å². The van der Waals surface area contributed by atoms with Crippen LogP contribution < -0.4 is 14.8 Å². The molecule has 3 rings (SSSR count). The Morgan fingerprint density at radius 3 is 2.52 bits per heavy atom. The van der Waals surface area contributed by atoms with E-state index >= 15 is 0 Å². The molecule has 122 valence electrons. The predicted octanol–water partition coefficient (Wildman–Crippen LogP) is 2.08. The molecule has 1 fully saturated rings. The van der Waals surface area contributed by atoms with Gasteiger partial charge in [-0.05, 0) is 42.7 Å². The van der Waals surface area contributed by atoms with Crippen molar-refractivity contribution in [3.63, 3.8) is 0 Å². The Labute approximate surface area is 136 Å². The fourth-order valence-corrected chi connectivity index (χ4v) is 3.38. The first-order valence-electron chi connectivity index (χ1n) is 7.38. The summed E-state index contributed by atoms with van der Waals surface area (Å²) in [7, 11) is -2.06. The minimum absolute atomic E-state index is 0.0291. The Bertz CT molecular complexity index is 773. The second-order valence-corrected chi connectivity index (χ2v) is 7.08. The molecule has 1 atom stereocenters. The molecule has 1 aliphatic heterocycles. The van der Waals surface area contributed by atoms with Crippen LogP contribution in [0.2, 0.25) is 0 Å². The fourth-order valence-electron chi connectivity index (χ4n) is 2.92. The van der Waals surface area contributed by atoms with Crippen molar-refractivity contribution in [3.8, 4) is 5.75 Å². The number of aromatic nitrogens is 1. The molecule has 23 heavy (non-hydrogen) atoms. The maximum Gasteiger partial charge on any atom is 0.239 e. The highest BCUT2D eigenvalue weighted by molar-refractivity contribution is 7.89. The summed E-state index contributed by atoms with van der Waals surface area (Å²) in [4.78, 5) is 6.50. The molecule has 2 aromatic rings. The summed E-state index contributed by atoms with van der Waals surface area (Å²) >= 11 is 0. The Morgan fingerprint density at radius 1 is 1.22 bits per heavy atom. The number of hydrogen-bond donors (Lipinski definition) is 1. The zero-order valence-corrected chi connectivity index (χ0v) is 13.7. The van der Waals surface area contributed by atoms with E-state index in [0.29, 0.717) is 0 Å². The quantitative estimate of drug-likeness (QED) is 0.926. The third-order valence-corrected chi connectivity index (χ3v) is 5.00. The highest BCUT2D eigenvalue weighted by Crippen LogP contribution is 2.35. The molecule has 0 amide bonds. The summed E-state index contributed by atoms with van der Waals surface area (Å²) in [6, 6.07) is 11.4. The molecular weight excluding hydrogens is 314 g/mol. The van der Waals surface area contributed by atoms with Crippen LogP contribution in [0.1, 0.15) is 24.4 Å². The van der Waals surface area contributed by atoms with Crippen LogP contribution in [0.15, 0.2) is 47.5 Å². The predicted molar refractivity (Wildman–Crippen MR) is 87.9 cm³/mol. The monoisotopic (exact) mass is 333 g/mol. The van der Waals surface area contributed by atoms with Crippen molar-refractivity contribution in [2.45, 2.75) is 23.8 Å². The number of anilines is 1. The average molecular weight is 333 g/mol. The van der Waals surface area contributed by atoms with Crippen molar-refractivity contribution < 1.29 is 13.2 Å². The molecule has 1 aromatic heterocycles. The number of primary sulfonamides is 1. The summed E-state index contributed by atoms with van der Waals surface area (Å²) in [5, 5.41) is 5.11. The normalized spacial score (nSPS) is 18.2. The first-order chi connectivity index (χ1) is 11.0. The van der Waals surface area contributed by atoms with Crippen LogP contribution in [0, 0.1) is 0 Å². The molecule has 0 spiro atoms. The first-order valence-corrected chi connectivity index (χ1v) is 8.93. The topological polar surface area (TPSA) is 85.5 Å². The van der Waals surface area contributed by atoms with Gasteiger partial charge in [0.2, 0.25) is 10.0 Å². The molecule has 7 heteroatoms. The highest BCUT2D eigenvalue weighted by atomic mass is 32.2. The van der Waals surface area contributed by atoms with Crippen LogP contribution in [-0.4, -0.2) is 27.1 Å². The molecule has 6 nitrogen and oxygen atoms in total. The van der Waals surface area contributed by atoms with E-state index in [9.17, 15) is 8.42 Å². The first kappa shape index (κ1) is 15.8. The number of rotatable bonds is 4. The van der Waals surface area contributed by atoms with Gasteiger partial charge in [-0.25, -0.2) is 18.5 Å². The van der Waals surface area contributed by atoms with Crippen molar-refractivity contribution in [1.29, 1.82) is 0 Å². The Hall–Kier alpha value is -2.12. The molecular formula is C16H19N3O3S. The molecule has 0 bridgehead atoms. The third kappa shape index (κ3) is 3.30. The number of benzene rings is 1. The number of pyridine rings is 1. The second kappa shape index (κ2) is 6.17. The van der Waals surface area contributed by atoms with Gasteiger partial charge < -0.3 is 9.64 Å². The van der Waals surface area contributed by atoms with E-state index in [1.807, 2.05) is 12.1 Å². The molecule has 0 saturated carbocycles. The molecule has 0 radical (unpaired) electrons. The summed E-state index contributed by atoms with van der Waals surface area (Å²) < 4.78 is 27.8. The third-order valence-electron chi connectivity index (χ3n) is 4.10. The van der Waals surface area contributed by atoms with Gasteiger partial charge in [0.05, 0.1) is 13.2 Å². The number of nitrogens with two attached hydrogens (primary N) is 1. The maximum absolute atomic E-state index is 11.3.